The van der Waals surface area contributed by atoms with Crippen LogP contribution in [0.25, 0.3) is 0 Å². The van der Waals surface area contributed by atoms with Gasteiger partial charge in [-0.3, -0.25) is 43.5 Å². The van der Waals surface area contributed by atoms with Crippen LogP contribution in [0.15, 0.2) is 72.8 Å². The summed E-state index contributed by atoms with van der Waals surface area (Å²) in [6, 6.07) is 16.5. The fraction of sp³-hybridized carbons (Fsp3) is 0.615. The number of benzene rings is 4. The molecule has 5 aliphatic rings. The topological polar surface area (TPSA) is 330 Å². The molecular formula is C78H109Cl3F4N4O18S2. The number of nitrogens with two attached hydrogens (primary N) is 1. The number of rotatable bonds is 25. The van der Waals surface area contributed by atoms with E-state index in [9.17, 15) is 78.4 Å². The highest BCUT2D eigenvalue weighted by atomic mass is 35.5. The van der Waals surface area contributed by atoms with Gasteiger partial charge in [-0.05, 0) is 193 Å². The molecule has 5 atom stereocenters. The van der Waals surface area contributed by atoms with E-state index in [-0.39, 0.29) is 83.7 Å². The number of nitrogen functional groups attached to an aromatic ring is 1. The van der Waals surface area contributed by atoms with E-state index < -0.39 is 93.8 Å². The molecular weight excluding hydrogens is 1530 g/mol. The maximum Gasteiger partial charge on any atom is 0.339 e. The van der Waals surface area contributed by atoms with Crippen LogP contribution in [0.3, 0.4) is 0 Å². The number of hydrogen-bond donors (Lipinski definition) is 4. The highest BCUT2D eigenvalue weighted by Crippen LogP contribution is 2.42. The second-order valence-electron chi connectivity index (χ2n) is 27.7. The van der Waals surface area contributed by atoms with E-state index in [1.54, 1.807) is 39.8 Å². The highest BCUT2D eigenvalue weighted by Gasteiger charge is 2.37. The van der Waals surface area contributed by atoms with Gasteiger partial charge in [0.05, 0.1) is 91.2 Å². The normalized spacial score (nSPS) is 17.3. The Bertz CT molecular complexity index is 3780. The van der Waals surface area contributed by atoms with Gasteiger partial charge < -0.3 is 34.5 Å². The predicted molar refractivity (Wildman–Crippen MR) is 413 cm³/mol. The number of halogens is 7. The third-order valence-corrected chi connectivity index (χ3v) is 21.7. The lowest BCUT2D eigenvalue weighted by atomic mass is 9.77. The molecule has 0 amide bonds. The number of nitrogens with zero attached hydrogens (tertiary/aromatic N) is 1. The Morgan fingerprint density at radius 3 is 0.991 bits per heavy atom. The number of nitro groups is 1. The van der Waals surface area contributed by atoms with Crippen molar-refractivity contribution in [1.82, 2.24) is 0 Å². The quantitative estimate of drug-likeness (QED) is 0.00911. The minimum absolute atomic E-state index is 0.000586. The number of carboxylic acid groups (broad SMARTS) is 1. The molecule has 0 bridgehead atoms. The Kier molecular flexibility index (Phi) is 42.2. The van der Waals surface area contributed by atoms with Crippen molar-refractivity contribution in [3.63, 3.8) is 0 Å². The van der Waals surface area contributed by atoms with Gasteiger partial charge in [-0.2, -0.15) is 4.39 Å². The van der Waals surface area contributed by atoms with Gasteiger partial charge in [0.25, 0.3) is 0 Å². The van der Waals surface area contributed by atoms with Crippen LogP contribution in [0.1, 0.15) is 241 Å². The number of nitrogens with one attached hydrogen (secondary N) is 2. The summed E-state index contributed by atoms with van der Waals surface area (Å²) in [7, 11) is -7.14. The molecule has 31 heteroatoms. The molecule has 0 saturated heterocycles. The van der Waals surface area contributed by atoms with E-state index >= 15 is 0 Å². The first-order valence-electron chi connectivity index (χ1n) is 37.7. The van der Waals surface area contributed by atoms with Crippen LogP contribution in [0.4, 0.5) is 40.3 Å². The number of carbonyl (C=O) groups excluding carboxylic acids is 5. The van der Waals surface area contributed by atoms with Gasteiger partial charge in [0, 0.05) is 6.07 Å². The monoisotopic (exact) mass is 1630 g/mol. The maximum atomic E-state index is 14.3. The molecule has 4 aromatic carbocycles. The molecule has 0 heterocycles. The minimum atomic E-state index is -3.58. The summed E-state index contributed by atoms with van der Waals surface area (Å²) in [5, 5.41) is 19.8. The van der Waals surface area contributed by atoms with E-state index in [2.05, 4.69) is 14.2 Å². The van der Waals surface area contributed by atoms with Crippen LogP contribution in [0.5, 0.6) is 0 Å². The molecule has 9 rings (SSSR count). The summed E-state index contributed by atoms with van der Waals surface area (Å²) in [6.07, 6.45) is 28.0. The number of alkyl halides is 3. The Morgan fingerprint density at radius 1 is 0.440 bits per heavy atom. The van der Waals surface area contributed by atoms with E-state index in [1.807, 2.05) is 6.92 Å². The average Bonchev–Trinajstić information content (AvgIpc) is 0.823. The van der Waals surface area contributed by atoms with E-state index in [0.29, 0.717) is 48.0 Å². The van der Waals surface area contributed by atoms with Crippen molar-refractivity contribution in [3.05, 3.63) is 128 Å². The zero-order valence-electron chi connectivity index (χ0n) is 63.4. The number of aliphatic carboxylic acids is 1. The molecule has 4 aromatic rings. The molecule has 5 fully saturated rings. The zero-order valence-corrected chi connectivity index (χ0v) is 67.3. The summed E-state index contributed by atoms with van der Waals surface area (Å²) < 4.78 is 130. The fourth-order valence-corrected chi connectivity index (χ4v) is 16.2. The Morgan fingerprint density at radius 2 is 0.716 bits per heavy atom. The number of anilines is 3. The lowest BCUT2D eigenvalue weighted by Crippen LogP contribution is -2.28. The van der Waals surface area contributed by atoms with Gasteiger partial charge in [-0.25, -0.2) is 34.8 Å². The van der Waals surface area contributed by atoms with Crippen molar-refractivity contribution < 1.29 is 96.9 Å². The molecule has 5 unspecified atom stereocenters. The smallest absolute Gasteiger partial charge is 0.339 e. The first-order valence-corrected chi connectivity index (χ1v) is 42.8. The number of carbonyl (C=O) groups is 6. The number of nitro benzene ring substituents is 1. The van der Waals surface area contributed by atoms with Crippen LogP contribution in [0.2, 0.25) is 0 Å². The molecule has 5 N–H and O–H groups in total. The van der Waals surface area contributed by atoms with Crippen LogP contribution >= 0.6 is 34.8 Å². The fourth-order valence-electron chi connectivity index (χ4n) is 14.6. The van der Waals surface area contributed by atoms with Crippen LogP contribution in [0, 0.1) is 63.0 Å². The number of ether oxygens (including phenoxy) is 5. The van der Waals surface area contributed by atoms with Gasteiger partial charge in [0.2, 0.25) is 30.7 Å². The summed E-state index contributed by atoms with van der Waals surface area (Å²) >= 11 is 16.2. The van der Waals surface area contributed by atoms with Gasteiger partial charge >= 0.3 is 41.5 Å². The van der Waals surface area contributed by atoms with Gasteiger partial charge in [0.1, 0.15) is 22.8 Å². The molecule has 109 heavy (non-hydrogen) atoms. The first kappa shape index (κ1) is 94.4. The van der Waals surface area contributed by atoms with Crippen molar-refractivity contribution in [2.45, 2.75) is 229 Å². The van der Waals surface area contributed by atoms with E-state index in [4.69, 9.17) is 59.5 Å². The maximum absolute atomic E-state index is 14.3. The van der Waals surface area contributed by atoms with Crippen molar-refractivity contribution >= 4 is 113 Å². The summed E-state index contributed by atoms with van der Waals surface area (Å²) in [6.45, 7) is 10.4. The molecule has 0 aliphatic heterocycles. The third-order valence-electron chi connectivity index (χ3n) is 19.6. The predicted octanol–water partition coefficient (Wildman–Crippen LogP) is 18.1. The van der Waals surface area contributed by atoms with Crippen molar-refractivity contribution in [2.75, 3.05) is 60.7 Å². The number of hydrogen-bond acceptors (Lipinski definition) is 18. The second-order valence-corrected chi connectivity index (χ2v) is 32.7. The summed E-state index contributed by atoms with van der Waals surface area (Å²) in [5.41, 5.74) is 6.83. The molecule has 610 valence electrons. The first-order chi connectivity index (χ1) is 51.7. The highest BCUT2D eigenvalue weighted by molar-refractivity contribution is 7.92. The van der Waals surface area contributed by atoms with Gasteiger partial charge in [-0.15, -0.1) is 11.6 Å². The molecule has 0 aromatic heterocycles. The standard InChI is InChI=1S/C17H24FNO4S.C16H20FNO4.C16H22FNO2.C15H20FNO4S.C10H17ClO2.C4H6Cl2O2/c1-3-23-17(20)16(12-7-5-4-6-8-12)13-9-10-15(14(18)11-13)19-24(2,21)22;1-2-22-16(19)15(11-6-4-3-5-7-11)12-8-9-14(18(20)21)13(17)10-12;1-2-20-16(19)15(11-6-4-3-5-7-11)12-8-9-14(18)13(17)10-12;1-22(20,21)17-13-8-7-11(9-12(13)16)14(15(18)19)10-5-3-2-4-6-10;1-2-13-10(12)9(11)8-6-4-3-5-7-8;1-2-8-4(7)3(5)6/h9-12,16,19H,3-8H2,1-2H3;8-11,15H,2-7H2,1H3;8-11,15H,2-7,18H2,1H3;7-10,14,17H,2-6H2,1H3,(H,18,19);8-9H,2-7H2,1H3;3H,2H2,1H3. The second kappa shape index (κ2) is 48.7. The largest absolute Gasteiger partial charge is 0.481 e. The summed E-state index contributed by atoms with van der Waals surface area (Å²) in [4.78, 5) is 79.0. The third kappa shape index (κ3) is 32.7. The van der Waals surface area contributed by atoms with Gasteiger partial charge in [0.15, 0.2) is 0 Å². The Hall–Kier alpha value is -7.01. The van der Waals surface area contributed by atoms with E-state index in [1.165, 1.54) is 68.1 Å². The van der Waals surface area contributed by atoms with Crippen molar-refractivity contribution in [1.29, 1.82) is 0 Å². The number of sulfonamides is 2. The lowest BCUT2D eigenvalue weighted by molar-refractivity contribution is -0.387. The Labute approximate surface area is 654 Å². The zero-order chi connectivity index (χ0) is 81.0. The van der Waals surface area contributed by atoms with E-state index in [0.717, 1.165) is 166 Å². The lowest BCUT2D eigenvalue weighted by Gasteiger charge is -2.29. The number of esters is 5. The SMILES string of the molecule is CCOC(=O)C(Cl)C1CCCCC1.CCOC(=O)C(Cl)Cl.CCOC(=O)C(c1ccc(N)c(F)c1)C1CCCCC1.CCOC(=O)C(c1ccc(NS(C)(=O)=O)c(F)c1)C1CCCCC1.CCOC(=O)C(c1ccc([N+](=O)[O-])c(F)c1)C1CCCCC1.CS(=O)(=O)Nc1ccc(C(C(=O)O)C2CCCCC2)cc1F. The molecule has 0 radical (unpaired) electrons. The molecule has 0 spiro atoms. The van der Waals surface area contributed by atoms with Crippen LogP contribution in [-0.2, 0) is 72.5 Å². The minimum Gasteiger partial charge on any atom is -0.481 e. The molecule has 5 saturated carbocycles. The van der Waals surface area contributed by atoms with Crippen LogP contribution < -0.4 is 15.2 Å². The van der Waals surface area contributed by atoms with Gasteiger partial charge in [-0.1, -0.05) is 144 Å². The number of carboxylic acids is 1. The summed E-state index contributed by atoms with van der Waals surface area (Å²) in [5.74, 6) is -6.93. The van der Waals surface area contributed by atoms with Crippen molar-refractivity contribution in [2.24, 2.45) is 29.6 Å². The van der Waals surface area contributed by atoms with Crippen molar-refractivity contribution in [3.8, 4) is 0 Å². The van der Waals surface area contributed by atoms with Crippen LogP contribution in [-0.4, -0.2) is 118 Å². The Balaban J connectivity index is 0.000000283. The molecule has 22 nitrogen and oxygen atoms in total. The average molecular weight is 1640 g/mol. The molecule has 5 aliphatic carbocycles.